The smallest absolute Gasteiger partial charge is 0.229 e. The van der Waals surface area contributed by atoms with E-state index in [9.17, 15) is 9.67 Å². The molecule has 0 radical (unpaired) electrons. The zero-order valence-electron chi connectivity index (χ0n) is 20.2. The molecule has 0 aliphatic heterocycles. The van der Waals surface area contributed by atoms with Crippen LogP contribution in [0.25, 0.3) is 21.8 Å². The van der Waals surface area contributed by atoms with Crippen molar-refractivity contribution in [1.82, 2.24) is 15.4 Å². The molecule has 34 heavy (non-hydrogen) atoms. The molecule has 2 unspecified atom stereocenters. The van der Waals surface area contributed by atoms with Gasteiger partial charge in [-0.15, -0.1) is 0 Å². The standard InChI is InChI=1S/C24H31ClN3O5P/c1-14(2)28(15(3)4)24(29,34-30)22(32-6)13-26-33-23-18-11-16-7-8-17(25)12-20(16)27-19(18)9-10-21(23)31-5/h7-12,14-15,22,26,29H,13H2,1-6H3. The first kappa shape index (κ1) is 26.5. The Bertz CT molecular complexity index is 1150. The van der Waals surface area contributed by atoms with E-state index in [1.165, 1.54) is 7.11 Å². The number of fused-ring (bicyclic) bond motifs is 2. The number of hydroxylamine groups is 1. The number of methoxy groups -OCH3 is 2. The highest BCUT2D eigenvalue weighted by atomic mass is 35.5. The second-order valence-electron chi connectivity index (χ2n) is 8.54. The number of hydrogen-bond acceptors (Lipinski definition) is 8. The normalized spacial score (nSPS) is 14.9. The van der Waals surface area contributed by atoms with Crippen molar-refractivity contribution in [2.24, 2.45) is 0 Å². The number of aromatic nitrogens is 1. The quantitative estimate of drug-likeness (QED) is 0.162. The third-order valence-corrected chi connectivity index (χ3v) is 6.70. The Hall–Kier alpha value is -2.06. The van der Waals surface area contributed by atoms with Gasteiger partial charge in [-0.05, 0) is 58.0 Å². The van der Waals surface area contributed by atoms with Crippen molar-refractivity contribution < 1.29 is 24.0 Å². The number of halogens is 1. The zero-order valence-corrected chi connectivity index (χ0v) is 21.9. The molecule has 0 aliphatic carbocycles. The molecule has 0 amide bonds. The number of nitrogens with one attached hydrogen (secondary N) is 1. The Morgan fingerprint density at radius 1 is 1.12 bits per heavy atom. The number of nitrogens with zero attached hydrogens (tertiary/aromatic N) is 2. The summed E-state index contributed by atoms with van der Waals surface area (Å²) in [6.45, 7) is 7.77. The molecule has 2 atom stereocenters. The molecule has 0 bridgehead atoms. The highest BCUT2D eigenvalue weighted by Gasteiger charge is 2.46. The van der Waals surface area contributed by atoms with Gasteiger partial charge in [-0.2, -0.15) is 5.48 Å². The van der Waals surface area contributed by atoms with Crippen LogP contribution in [0.3, 0.4) is 0 Å². The van der Waals surface area contributed by atoms with Gasteiger partial charge in [0.25, 0.3) is 0 Å². The van der Waals surface area contributed by atoms with Gasteiger partial charge < -0.3 is 19.4 Å². The van der Waals surface area contributed by atoms with Crippen LogP contribution < -0.4 is 15.1 Å². The summed E-state index contributed by atoms with van der Waals surface area (Å²) in [6.07, 6.45) is -0.862. The van der Waals surface area contributed by atoms with Crippen molar-refractivity contribution in [2.75, 3.05) is 20.8 Å². The molecule has 0 spiro atoms. The van der Waals surface area contributed by atoms with E-state index in [0.717, 1.165) is 16.3 Å². The van der Waals surface area contributed by atoms with Crippen molar-refractivity contribution in [2.45, 2.75) is 51.3 Å². The number of rotatable bonds is 11. The Labute approximate surface area is 206 Å². The summed E-state index contributed by atoms with van der Waals surface area (Å²) in [5.74, 6) is 0.944. The largest absolute Gasteiger partial charge is 0.493 e. The van der Waals surface area contributed by atoms with Gasteiger partial charge in [0, 0.05) is 35.0 Å². The first-order chi connectivity index (χ1) is 16.2. The number of hydrogen-bond donors (Lipinski definition) is 2. The van der Waals surface area contributed by atoms with Gasteiger partial charge >= 0.3 is 0 Å². The summed E-state index contributed by atoms with van der Waals surface area (Å²) in [7, 11) is 2.54. The molecular formula is C24H31ClN3O5P. The lowest BCUT2D eigenvalue weighted by Crippen LogP contribution is -2.61. The maximum absolute atomic E-state index is 12.2. The molecule has 1 heterocycles. The van der Waals surface area contributed by atoms with Crippen LogP contribution in [0.2, 0.25) is 5.02 Å². The van der Waals surface area contributed by atoms with Gasteiger partial charge in [0.05, 0.1) is 24.7 Å². The highest BCUT2D eigenvalue weighted by Crippen LogP contribution is 2.37. The lowest BCUT2D eigenvalue weighted by atomic mass is 10.1. The van der Waals surface area contributed by atoms with Crippen LogP contribution in [0.5, 0.6) is 11.5 Å². The molecule has 0 fully saturated rings. The van der Waals surface area contributed by atoms with Crippen molar-refractivity contribution in [3.63, 3.8) is 0 Å². The lowest BCUT2D eigenvalue weighted by molar-refractivity contribution is -0.153. The monoisotopic (exact) mass is 507 g/mol. The van der Waals surface area contributed by atoms with E-state index >= 15 is 0 Å². The molecule has 0 aliphatic rings. The summed E-state index contributed by atoms with van der Waals surface area (Å²) in [5.41, 5.74) is 2.58. The minimum absolute atomic E-state index is 0.0499. The molecule has 10 heteroatoms. The highest BCUT2D eigenvalue weighted by molar-refractivity contribution is 7.25. The molecular weight excluding hydrogens is 477 g/mol. The number of pyridine rings is 1. The summed E-state index contributed by atoms with van der Waals surface area (Å²) in [5, 5.41) is 13.6. The minimum Gasteiger partial charge on any atom is -0.493 e. The lowest BCUT2D eigenvalue weighted by Gasteiger charge is -2.44. The summed E-state index contributed by atoms with van der Waals surface area (Å²) in [6, 6.07) is 10.9. The van der Waals surface area contributed by atoms with Crippen molar-refractivity contribution in [3.8, 4) is 11.5 Å². The third-order valence-electron chi connectivity index (χ3n) is 5.68. The van der Waals surface area contributed by atoms with Crippen LogP contribution in [-0.4, -0.2) is 59.4 Å². The van der Waals surface area contributed by atoms with Gasteiger partial charge in [-0.1, -0.05) is 17.7 Å². The van der Waals surface area contributed by atoms with Gasteiger partial charge in [-0.3, -0.25) is 9.46 Å². The Morgan fingerprint density at radius 2 is 1.82 bits per heavy atom. The van der Waals surface area contributed by atoms with Crippen molar-refractivity contribution in [1.29, 1.82) is 0 Å². The fraction of sp³-hybridized carbons (Fsp3) is 0.458. The third kappa shape index (κ3) is 5.28. The topological polar surface area (TPSA) is 93.1 Å². The molecule has 2 aromatic carbocycles. The van der Waals surface area contributed by atoms with Crippen LogP contribution in [-0.2, 0) is 9.30 Å². The Balaban J connectivity index is 1.91. The molecule has 3 rings (SSSR count). The van der Waals surface area contributed by atoms with Crippen LogP contribution in [0.4, 0.5) is 0 Å². The second-order valence-corrected chi connectivity index (χ2v) is 9.81. The molecule has 8 nitrogen and oxygen atoms in total. The van der Waals surface area contributed by atoms with Gasteiger partial charge in [0.1, 0.15) is 6.10 Å². The summed E-state index contributed by atoms with van der Waals surface area (Å²) in [4.78, 5) is 12.4. The predicted molar refractivity (Wildman–Crippen MR) is 135 cm³/mol. The predicted octanol–water partition coefficient (Wildman–Crippen LogP) is 5.01. The van der Waals surface area contributed by atoms with Gasteiger partial charge in [0.15, 0.2) is 11.5 Å². The van der Waals surface area contributed by atoms with Crippen LogP contribution in [0.15, 0.2) is 36.4 Å². The molecule has 1 aromatic heterocycles. The minimum atomic E-state index is -1.76. The van der Waals surface area contributed by atoms with E-state index in [1.807, 2.05) is 45.9 Å². The van der Waals surface area contributed by atoms with E-state index in [1.54, 1.807) is 30.2 Å². The number of ether oxygens (including phenoxy) is 2. The summed E-state index contributed by atoms with van der Waals surface area (Å²) < 4.78 is 23.2. The molecule has 0 saturated heterocycles. The Kier molecular flexibility index (Phi) is 8.68. The maximum atomic E-state index is 12.2. The van der Waals surface area contributed by atoms with E-state index in [4.69, 9.17) is 25.9 Å². The zero-order chi connectivity index (χ0) is 25.0. The van der Waals surface area contributed by atoms with E-state index in [0.29, 0.717) is 22.0 Å². The molecule has 2 N–H and O–H groups in total. The van der Waals surface area contributed by atoms with E-state index in [-0.39, 0.29) is 18.6 Å². The van der Waals surface area contributed by atoms with Crippen LogP contribution >= 0.6 is 20.1 Å². The summed E-state index contributed by atoms with van der Waals surface area (Å²) >= 11 is 6.12. The number of benzene rings is 2. The molecule has 0 saturated carbocycles. The van der Waals surface area contributed by atoms with Crippen LogP contribution in [0.1, 0.15) is 27.7 Å². The average Bonchev–Trinajstić information content (AvgIpc) is 2.79. The second kappa shape index (κ2) is 11.1. The van der Waals surface area contributed by atoms with Gasteiger partial charge in [0.2, 0.25) is 13.9 Å². The maximum Gasteiger partial charge on any atom is 0.229 e. The SMILES string of the molecule is COc1ccc2nc3cc(Cl)ccc3cc2c1ONCC(OC)C(O)(P=O)N(C(C)C)C(C)C. The Morgan fingerprint density at radius 3 is 2.41 bits per heavy atom. The molecule has 184 valence electrons. The first-order valence-corrected chi connectivity index (χ1v) is 12.2. The van der Waals surface area contributed by atoms with Crippen molar-refractivity contribution in [3.05, 3.63) is 41.4 Å². The molecule has 3 aromatic rings. The average molecular weight is 508 g/mol. The van der Waals surface area contributed by atoms with E-state index < -0.39 is 20.0 Å². The van der Waals surface area contributed by atoms with Crippen molar-refractivity contribution >= 4 is 41.9 Å². The van der Waals surface area contributed by atoms with E-state index in [2.05, 4.69) is 10.5 Å². The first-order valence-electron chi connectivity index (χ1n) is 11.0. The number of aliphatic hydroxyl groups is 1. The van der Waals surface area contributed by atoms with Crippen LogP contribution in [0, 0.1) is 0 Å². The fourth-order valence-corrected chi connectivity index (χ4v) is 5.33. The van der Waals surface area contributed by atoms with Gasteiger partial charge in [-0.25, -0.2) is 4.98 Å². The fourth-order valence-electron chi connectivity index (χ4n) is 4.29.